The van der Waals surface area contributed by atoms with Crippen molar-refractivity contribution in [2.45, 2.75) is 46.1 Å². The van der Waals surface area contributed by atoms with Crippen LogP contribution in [0.3, 0.4) is 0 Å². The standard InChI is InChI=1S/C19H23N3O4S/c1-11-5-3-7-21(9-11)14(23)10-26-19(25)16-12(2)15-17(27-16)20-13-6-4-8-22(13)18(15)24/h11H,3-10H2,1-2H3. The fourth-order valence-electron chi connectivity index (χ4n) is 3.97. The summed E-state index contributed by atoms with van der Waals surface area (Å²) in [5.74, 6) is 0.539. The number of piperidine rings is 1. The van der Waals surface area contributed by atoms with Gasteiger partial charge in [0.2, 0.25) is 0 Å². The van der Waals surface area contributed by atoms with Crippen LogP contribution in [0.15, 0.2) is 4.79 Å². The highest BCUT2D eigenvalue weighted by Crippen LogP contribution is 2.29. The third-order valence-electron chi connectivity index (χ3n) is 5.43. The zero-order valence-corrected chi connectivity index (χ0v) is 16.4. The lowest BCUT2D eigenvalue weighted by Crippen LogP contribution is -2.41. The molecule has 4 heterocycles. The molecule has 0 aliphatic carbocycles. The number of esters is 1. The number of hydrogen-bond acceptors (Lipinski definition) is 6. The molecule has 2 aliphatic rings. The Bertz CT molecular complexity index is 977. The van der Waals surface area contributed by atoms with E-state index in [0.29, 0.717) is 39.7 Å². The molecular weight excluding hydrogens is 366 g/mol. The van der Waals surface area contributed by atoms with Crippen molar-refractivity contribution < 1.29 is 14.3 Å². The van der Waals surface area contributed by atoms with Crippen molar-refractivity contribution >= 4 is 33.4 Å². The molecule has 1 fully saturated rings. The third kappa shape index (κ3) is 3.26. The van der Waals surface area contributed by atoms with Crippen molar-refractivity contribution in [2.24, 2.45) is 5.92 Å². The number of hydrogen-bond donors (Lipinski definition) is 0. The van der Waals surface area contributed by atoms with Crippen LogP contribution < -0.4 is 5.56 Å². The number of thiophene rings is 1. The van der Waals surface area contributed by atoms with Gasteiger partial charge in [-0.05, 0) is 37.7 Å². The van der Waals surface area contributed by atoms with E-state index in [0.717, 1.165) is 38.1 Å². The molecule has 8 heteroatoms. The number of likely N-dealkylation sites (tertiary alicyclic amines) is 1. The van der Waals surface area contributed by atoms with Crippen LogP contribution >= 0.6 is 11.3 Å². The molecule has 7 nitrogen and oxygen atoms in total. The highest BCUT2D eigenvalue weighted by molar-refractivity contribution is 7.20. The van der Waals surface area contributed by atoms with E-state index in [1.165, 1.54) is 11.3 Å². The first-order chi connectivity index (χ1) is 13.0. The molecule has 0 aromatic carbocycles. The summed E-state index contributed by atoms with van der Waals surface area (Å²) < 4.78 is 6.97. The first-order valence-electron chi connectivity index (χ1n) is 9.43. The molecule has 4 rings (SSSR count). The lowest BCUT2D eigenvalue weighted by atomic mass is 10.0. The van der Waals surface area contributed by atoms with E-state index in [1.54, 1.807) is 16.4 Å². The van der Waals surface area contributed by atoms with Gasteiger partial charge in [-0.15, -0.1) is 11.3 Å². The van der Waals surface area contributed by atoms with Crippen molar-refractivity contribution in [3.05, 3.63) is 26.6 Å². The Morgan fingerprint density at radius 2 is 2.11 bits per heavy atom. The van der Waals surface area contributed by atoms with Gasteiger partial charge in [-0.2, -0.15) is 0 Å². The molecule has 0 bridgehead atoms. The number of fused-ring (bicyclic) bond motifs is 2. The average Bonchev–Trinajstić information content (AvgIpc) is 3.24. The van der Waals surface area contributed by atoms with Gasteiger partial charge in [-0.25, -0.2) is 9.78 Å². The second-order valence-corrected chi connectivity index (χ2v) is 8.49. The van der Waals surface area contributed by atoms with Crippen molar-refractivity contribution in [1.82, 2.24) is 14.5 Å². The molecule has 1 saturated heterocycles. The van der Waals surface area contributed by atoms with E-state index in [4.69, 9.17) is 4.74 Å². The zero-order valence-electron chi connectivity index (χ0n) is 15.6. The number of carbonyl (C=O) groups is 2. The van der Waals surface area contributed by atoms with Crippen LogP contribution in [-0.4, -0.2) is 46.0 Å². The summed E-state index contributed by atoms with van der Waals surface area (Å²) in [7, 11) is 0. The van der Waals surface area contributed by atoms with Crippen LogP contribution in [-0.2, 0) is 22.5 Å². The quantitative estimate of drug-likeness (QED) is 0.751. The molecule has 1 atom stereocenters. The van der Waals surface area contributed by atoms with Crippen molar-refractivity contribution in [1.29, 1.82) is 0 Å². The third-order valence-corrected chi connectivity index (χ3v) is 6.60. The largest absolute Gasteiger partial charge is 0.451 e. The predicted octanol–water partition coefficient (Wildman–Crippen LogP) is 2.13. The second kappa shape index (κ2) is 7.07. The number of aryl methyl sites for hydroxylation is 2. The number of amides is 1. The number of ether oxygens (including phenoxy) is 1. The number of rotatable bonds is 3. The van der Waals surface area contributed by atoms with Crippen LogP contribution in [0.4, 0.5) is 0 Å². The van der Waals surface area contributed by atoms with Crippen molar-refractivity contribution in [3.63, 3.8) is 0 Å². The fourth-order valence-corrected chi connectivity index (χ4v) is 5.05. The number of aromatic nitrogens is 2. The summed E-state index contributed by atoms with van der Waals surface area (Å²) in [6.07, 6.45) is 3.81. The van der Waals surface area contributed by atoms with Gasteiger partial charge in [0.1, 0.15) is 15.5 Å². The minimum absolute atomic E-state index is 0.0846. The Labute approximate surface area is 160 Å². The van der Waals surface area contributed by atoms with Crippen LogP contribution in [0.5, 0.6) is 0 Å². The van der Waals surface area contributed by atoms with Gasteiger partial charge in [-0.3, -0.25) is 14.2 Å². The van der Waals surface area contributed by atoms with Gasteiger partial charge >= 0.3 is 5.97 Å². The van der Waals surface area contributed by atoms with E-state index in [2.05, 4.69) is 11.9 Å². The summed E-state index contributed by atoms with van der Waals surface area (Å²) in [6.45, 7) is 5.71. The van der Waals surface area contributed by atoms with E-state index >= 15 is 0 Å². The lowest BCUT2D eigenvalue weighted by molar-refractivity contribution is -0.136. The Kier molecular flexibility index (Phi) is 4.75. The van der Waals surface area contributed by atoms with Crippen molar-refractivity contribution in [2.75, 3.05) is 19.7 Å². The van der Waals surface area contributed by atoms with Gasteiger partial charge in [0.25, 0.3) is 11.5 Å². The molecular formula is C19H23N3O4S. The minimum atomic E-state index is -0.557. The van der Waals surface area contributed by atoms with Crippen molar-refractivity contribution in [3.8, 4) is 0 Å². The fraction of sp³-hybridized carbons (Fsp3) is 0.579. The SMILES string of the molecule is Cc1c(C(=O)OCC(=O)N2CCCC(C)C2)sc2nc3n(c(=O)c12)CCC3. The summed E-state index contributed by atoms with van der Waals surface area (Å²) in [6, 6.07) is 0. The Balaban J connectivity index is 1.51. The van der Waals surface area contributed by atoms with Gasteiger partial charge in [0.15, 0.2) is 6.61 Å². The van der Waals surface area contributed by atoms with E-state index in [9.17, 15) is 14.4 Å². The predicted molar refractivity (Wildman–Crippen MR) is 102 cm³/mol. The van der Waals surface area contributed by atoms with E-state index in [1.807, 2.05) is 0 Å². The molecule has 0 spiro atoms. The molecule has 2 aromatic rings. The van der Waals surface area contributed by atoms with Crippen LogP contribution in [0.25, 0.3) is 10.2 Å². The number of carbonyl (C=O) groups excluding carboxylic acids is 2. The Hall–Kier alpha value is -2.22. The maximum atomic E-state index is 12.7. The highest BCUT2D eigenvalue weighted by atomic mass is 32.1. The van der Waals surface area contributed by atoms with E-state index in [-0.39, 0.29) is 18.1 Å². The maximum Gasteiger partial charge on any atom is 0.349 e. The summed E-state index contributed by atoms with van der Waals surface area (Å²) in [5.41, 5.74) is 0.512. The molecule has 2 aliphatic heterocycles. The molecule has 0 N–H and O–H groups in total. The van der Waals surface area contributed by atoms with Gasteiger partial charge < -0.3 is 9.64 Å². The molecule has 1 unspecified atom stereocenters. The number of nitrogens with zero attached hydrogens (tertiary/aromatic N) is 3. The van der Waals surface area contributed by atoms with Crippen LogP contribution in [0.1, 0.15) is 47.2 Å². The zero-order chi connectivity index (χ0) is 19.1. The second-order valence-electron chi connectivity index (χ2n) is 7.49. The Morgan fingerprint density at radius 3 is 2.89 bits per heavy atom. The maximum absolute atomic E-state index is 12.7. The molecule has 0 radical (unpaired) electrons. The van der Waals surface area contributed by atoms with Crippen LogP contribution in [0, 0.1) is 12.8 Å². The Morgan fingerprint density at radius 1 is 1.30 bits per heavy atom. The molecule has 0 saturated carbocycles. The first kappa shape index (κ1) is 18.2. The average molecular weight is 389 g/mol. The summed E-state index contributed by atoms with van der Waals surface area (Å²) in [5, 5.41) is 0.494. The normalized spacial score (nSPS) is 19.3. The van der Waals surface area contributed by atoms with E-state index < -0.39 is 5.97 Å². The monoisotopic (exact) mass is 389 g/mol. The van der Waals surface area contributed by atoms with Gasteiger partial charge in [-0.1, -0.05) is 6.92 Å². The molecule has 2 aromatic heterocycles. The van der Waals surface area contributed by atoms with Crippen LogP contribution in [0.2, 0.25) is 0 Å². The summed E-state index contributed by atoms with van der Waals surface area (Å²) in [4.78, 5) is 44.8. The summed E-state index contributed by atoms with van der Waals surface area (Å²) >= 11 is 1.18. The first-order valence-corrected chi connectivity index (χ1v) is 10.2. The molecule has 27 heavy (non-hydrogen) atoms. The highest BCUT2D eigenvalue weighted by Gasteiger charge is 2.26. The molecule has 144 valence electrons. The van der Waals surface area contributed by atoms with Gasteiger partial charge in [0.05, 0.1) is 5.39 Å². The topological polar surface area (TPSA) is 81.5 Å². The lowest BCUT2D eigenvalue weighted by Gasteiger charge is -2.30. The smallest absolute Gasteiger partial charge is 0.349 e. The molecule has 1 amide bonds. The minimum Gasteiger partial charge on any atom is -0.451 e. The van der Waals surface area contributed by atoms with Gasteiger partial charge in [0, 0.05) is 26.1 Å².